The molecule has 0 saturated carbocycles. The van der Waals surface area contributed by atoms with Gasteiger partial charge in [0.2, 0.25) is 0 Å². The number of halogens is 1. The van der Waals surface area contributed by atoms with Crippen LogP contribution in [0.3, 0.4) is 0 Å². The number of primary amides is 1. The van der Waals surface area contributed by atoms with Crippen LogP contribution in [0.4, 0.5) is 15.8 Å². The van der Waals surface area contributed by atoms with Gasteiger partial charge in [0.15, 0.2) is 9.84 Å². The number of nitrogens with two attached hydrogens (primary N) is 1. The van der Waals surface area contributed by atoms with Gasteiger partial charge in [0, 0.05) is 33.8 Å². The Bertz CT molecular complexity index is 2020. The number of hydrogen-bond donors (Lipinski definition) is 4. The molecule has 5 aromatic rings. The van der Waals surface area contributed by atoms with Gasteiger partial charge in [-0.1, -0.05) is 24.3 Å². The summed E-state index contributed by atoms with van der Waals surface area (Å²) in [6.45, 7) is 1.83. The second-order valence-corrected chi connectivity index (χ2v) is 12.7. The smallest absolute Gasteiger partial charge is 0.262 e. The van der Waals surface area contributed by atoms with Gasteiger partial charge >= 0.3 is 0 Å². The quantitative estimate of drug-likeness (QED) is 0.186. The third kappa shape index (κ3) is 5.62. The van der Waals surface area contributed by atoms with Crippen LogP contribution in [0.25, 0.3) is 32.9 Å². The molecular formula is C29H25FN4O6S2. The Labute approximate surface area is 242 Å². The van der Waals surface area contributed by atoms with Crippen molar-refractivity contribution in [3.63, 3.8) is 0 Å². The summed E-state index contributed by atoms with van der Waals surface area (Å²) in [5, 5.41) is 4.15. The van der Waals surface area contributed by atoms with Crippen molar-refractivity contribution in [2.75, 3.05) is 21.8 Å². The zero-order valence-electron chi connectivity index (χ0n) is 22.3. The van der Waals surface area contributed by atoms with Crippen LogP contribution in [0.2, 0.25) is 0 Å². The number of benzene rings is 4. The molecule has 2 amide bonds. The molecule has 0 aliphatic rings. The van der Waals surface area contributed by atoms with Crippen molar-refractivity contribution in [1.29, 1.82) is 0 Å². The van der Waals surface area contributed by atoms with Crippen LogP contribution in [-0.2, 0) is 21.1 Å². The van der Waals surface area contributed by atoms with E-state index < -0.39 is 44.6 Å². The van der Waals surface area contributed by atoms with Crippen molar-refractivity contribution in [1.82, 2.24) is 4.98 Å². The van der Waals surface area contributed by atoms with Gasteiger partial charge in [0.25, 0.3) is 23.1 Å². The average molecular weight is 609 g/mol. The van der Waals surface area contributed by atoms with Gasteiger partial charge < -0.3 is 16.0 Å². The average Bonchev–Trinajstić information content (AvgIpc) is 3.31. The lowest BCUT2D eigenvalue weighted by atomic mass is 9.93. The molecule has 0 saturated heterocycles. The minimum absolute atomic E-state index is 0.171. The Morgan fingerprint density at radius 2 is 1.76 bits per heavy atom. The lowest BCUT2D eigenvalue weighted by Gasteiger charge is -2.18. The standard InChI is InChI=1S/C29H25FN4O6S2/c1-16-20(4-3-5-24(16)33-29(36)17-6-8-18(30)9-7-17)21-12-13-23(28(31)35)27-26(21)22-11-10-19(14-25(22)32-27)34(41(37)38)15-42(2,39)40/h3-14,32H,15H2,1-2H3,(H2,31,35)(H,33,36)(H,37,38). The highest BCUT2D eigenvalue weighted by molar-refractivity contribution is 7.92. The first-order chi connectivity index (χ1) is 19.8. The van der Waals surface area contributed by atoms with Gasteiger partial charge in [-0.2, -0.15) is 0 Å². The first kappa shape index (κ1) is 28.9. The molecule has 4 aromatic carbocycles. The van der Waals surface area contributed by atoms with Crippen LogP contribution in [0, 0.1) is 12.7 Å². The normalized spacial score (nSPS) is 12.4. The molecule has 1 atom stereocenters. The fourth-order valence-electron chi connectivity index (χ4n) is 4.87. The van der Waals surface area contributed by atoms with Crippen LogP contribution >= 0.6 is 0 Å². The molecule has 0 aliphatic heterocycles. The highest BCUT2D eigenvalue weighted by Crippen LogP contribution is 2.40. The summed E-state index contributed by atoms with van der Waals surface area (Å²) in [4.78, 5) is 28.4. The minimum atomic E-state index is -3.64. The number of anilines is 2. The summed E-state index contributed by atoms with van der Waals surface area (Å²) in [5.41, 5.74) is 9.94. The number of H-pyrrole nitrogens is 1. The lowest BCUT2D eigenvalue weighted by Crippen LogP contribution is -2.30. The number of nitrogens with one attached hydrogen (secondary N) is 2. The molecule has 0 radical (unpaired) electrons. The Morgan fingerprint density at radius 1 is 1.05 bits per heavy atom. The molecule has 1 unspecified atom stereocenters. The second-order valence-electron chi connectivity index (χ2n) is 9.73. The number of aromatic nitrogens is 1. The van der Waals surface area contributed by atoms with Crippen LogP contribution in [-0.4, -0.2) is 46.1 Å². The maximum absolute atomic E-state index is 13.3. The second kappa shape index (κ2) is 11.0. The Hall–Kier alpha value is -4.59. The molecular weight excluding hydrogens is 583 g/mol. The summed E-state index contributed by atoms with van der Waals surface area (Å²) < 4.78 is 59.6. The first-order valence-electron chi connectivity index (χ1n) is 12.5. The summed E-state index contributed by atoms with van der Waals surface area (Å²) in [6.07, 6.45) is 0.957. The largest absolute Gasteiger partial charge is 0.366 e. The topological polar surface area (TPSA) is 163 Å². The molecule has 0 spiro atoms. The molecule has 1 heterocycles. The molecule has 10 nitrogen and oxygen atoms in total. The molecule has 5 N–H and O–H groups in total. The summed E-state index contributed by atoms with van der Waals surface area (Å²) >= 11 is -2.62. The number of amides is 2. The number of aromatic amines is 1. The van der Waals surface area contributed by atoms with Crippen molar-refractivity contribution < 1.29 is 31.2 Å². The van der Waals surface area contributed by atoms with E-state index in [4.69, 9.17) is 5.73 Å². The van der Waals surface area contributed by atoms with Gasteiger partial charge in [-0.25, -0.2) is 17.0 Å². The van der Waals surface area contributed by atoms with E-state index in [9.17, 15) is 31.2 Å². The number of rotatable bonds is 8. The molecule has 13 heteroatoms. The van der Waals surface area contributed by atoms with Crippen molar-refractivity contribution in [2.45, 2.75) is 6.92 Å². The van der Waals surface area contributed by atoms with Crippen molar-refractivity contribution in [3.8, 4) is 11.1 Å². The number of carbonyl (C=O) groups is 2. The highest BCUT2D eigenvalue weighted by Gasteiger charge is 2.22. The van der Waals surface area contributed by atoms with Gasteiger partial charge in [0.05, 0.1) is 16.8 Å². The predicted molar refractivity (Wildman–Crippen MR) is 162 cm³/mol. The fraction of sp³-hybridized carbons (Fsp3) is 0.103. The zero-order chi connectivity index (χ0) is 30.3. The third-order valence-corrected chi connectivity index (χ3v) is 8.42. The molecule has 0 bridgehead atoms. The molecule has 0 aliphatic carbocycles. The third-order valence-electron chi connectivity index (χ3n) is 6.81. The van der Waals surface area contributed by atoms with E-state index in [2.05, 4.69) is 10.3 Å². The van der Waals surface area contributed by atoms with E-state index in [-0.39, 0.29) is 16.8 Å². The van der Waals surface area contributed by atoms with E-state index in [0.717, 1.165) is 21.7 Å². The first-order valence-corrected chi connectivity index (χ1v) is 15.6. The molecule has 0 fully saturated rings. The van der Waals surface area contributed by atoms with Crippen molar-refractivity contribution >= 4 is 66.1 Å². The number of carbonyl (C=O) groups excluding carboxylic acids is 2. The van der Waals surface area contributed by atoms with Gasteiger partial charge in [-0.15, -0.1) is 0 Å². The number of hydrogen-bond acceptors (Lipinski definition) is 5. The lowest BCUT2D eigenvalue weighted by molar-refractivity contribution is 0.0998. The minimum Gasteiger partial charge on any atom is -0.366 e. The van der Waals surface area contributed by atoms with Crippen LogP contribution < -0.4 is 15.4 Å². The number of sulfone groups is 1. The SMILES string of the molecule is Cc1c(NC(=O)c2ccc(F)cc2)cccc1-c1ccc(C(N)=O)c2[nH]c3cc(N(CS(C)(=O)=O)S(=O)O)ccc3c12. The monoisotopic (exact) mass is 608 g/mol. The fourth-order valence-corrected chi connectivity index (χ4v) is 6.67. The maximum atomic E-state index is 13.3. The van der Waals surface area contributed by atoms with E-state index in [1.807, 2.05) is 13.0 Å². The Kier molecular flexibility index (Phi) is 7.58. The number of fused-ring (bicyclic) bond motifs is 3. The summed E-state index contributed by atoms with van der Waals surface area (Å²) in [5.74, 6) is -2.23. The van der Waals surface area contributed by atoms with E-state index >= 15 is 0 Å². The van der Waals surface area contributed by atoms with E-state index in [1.165, 1.54) is 36.4 Å². The van der Waals surface area contributed by atoms with Gasteiger partial charge in [0.1, 0.15) is 11.7 Å². The molecule has 216 valence electrons. The molecule has 1 aromatic heterocycles. The highest BCUT2D eigenvalue weighted by atomic mass is 32.2. The van der Waals surface area contributed by atoms with Crippen molar-refractivity contribution in [2.24, 2.45) is 5.73 Å². The Morgan fingerprint density at radius 3 is 2.40 bits per heavy atom. The van der Waals surface area contributed by atoms with Crippen LogP contribution in [0.15, 0.2) is 72.8 Å². The van der Waals surface area contributed by atoms with Gasteiger partial charge in [-0.05, 0) is 72.1 Å². The van der Waals surface area contributed by atoms with Crippen LogP contribution in [0.1, 0.15) is 26.3 Å². The summed E-state index contributed by atoms with van der Waals surface area (Å²) in [6, 6.07) is 18.6. The zero-order valence-corrected chi connectivity index (χ0v) is 24.0. The molecule has 5 rings (SSSR count). The van der Waals surface area contributed by atoms with E-state index in [1.54, 1.807) is 30.3 Å². The van der Waals surface area contributed by atoms with Gasteiger partial charge in [-0.3, -0.25) is 18.4 Å². The van der Waals surface area contributed by atoms with Crippen molar-refractivity contribution in [3.05, 3.63) is 95.3 Å². The number of nitrogens with zero attached hydrogens (tertiary/aromatic N) is 1. The maximum Gasteiger partial charge on any atom is 0.262 e. The molecule has 42 heavy (non-hydrogen) atoms. The predicted octanol–water partition coefficient (Wildman–Crippen LogP) is 4.73. The Balaban J connectivity index is 1.66. The van der Waals surface area contributed by atoms with Crippen LogP contribution in [0.5, 0.6) is 0 Å². The van der Waals surface area contributed by atoms with E-state index in [0.29, 0.717) is 33.1 Å². The summed E-state index contributed by atoms with van der Waals surface area (Å²) in [7, 11) is -3.64.